The molecule has 0 radical (unpaired) electrons. The van der Waals surface area contributed by atoms with Gasteiger partial charge in [-0.2, -0.15) is 0 Å². The second-order valence-corrected chi connectivity index (χ2v) is 3.48. The summed E-state index contributed by atoms with van der Waals surface area (Å²) in [6.45, 7) is 3.78. The van der Waals surface area contributed by atoms with Gasteiger partial charge in [0.05, 0.1) is 22.1 Å². The molecule has 1 heterocycles. The second-order valence-electron chi connectivity index (χ2n) is 2.27. The average molecular weight is 170 g/mol. The van der Waals surface area contributed by atoms with Gasteiger partial charge < -0.3 is 5.73 Å². The van der Waals surface area contributed by atoms with Gasteiger partial charge in [-0.25, -0.2) is 4.98 Å². The summed E-state index contributed by atoms with van der Waals surface area (Å²) in [4.78, 5) is 15.9. The van der Waals surface area contributed by atoms with Gasteiger partial charge in [0.1, 0.15) is 0 Å². The number of nitrogens with zero attached hydrogens (tertiary/aromatic N) is 1. The summed E-state index contributed by atoms with van der Waals surface area (Å²) in [6.07, 6.45) is 0. The number of hydrogen-bond acceptors (Lipinski definition) is 4. The molecule has 0 spiro atoms. The highest BCUT2D eigenvalue weighted by Crippen LogP contribution is 2.16. The Bertz CT molecular complexity index is 280. The van der Waals surface area contributed by atoms with Gasteiger partial charge in [-0.3, -0.25) is 4.79 Å². The van der Waals surface area contributed by atoms with Crippen molar-refractivity contribution in [2.75, 3.05) is 6.54 Å². The molecule has 0 aromatic carbocycles. The number of nitrogens with two attached hydrogens (primary N) is 1. The van der Waals surface area contributed by atoms with Crippen molar-refractivity contribution in [3.05, 3.63) is 15.6 Å². The van der Waals surface area contributed by atoms with Crippen LogP contribution in [0.5, 0.6) is 0 Å². The maximum Gasteiger partial charge on any atom is 0.188 e. The number of aryl methyl sites for hydroxylation is 2. The molecule has 3 nitrogen and oxygen atoms in total. The second kappa shape index (κ2) is 3.11. The van der Waals surface area contributed by atoms with Crippen molar-refractivity contribution in [2.24, 2.45) is 5.73 Å². The molecule has 2 N–H and O–H groups in total. The number of Topliss-reactive ketones (excluding diaryl/α,β-unsaturated/α-hetero) is 1. The highest BCUT2D eigenvalue weighted by atomic mass is 32.1. The van der Waals surface area contributed by atoms with E-state index in [9.17, 15) is 4.79 Å². The van der Waals surface area contributed by atoms with Gasteiger partial charge in [-0.1, -0.05) is 0 Å². The smallest absolute Gasteiger partial charge is 0.188 e. The Balaban J connectivity index is 3.03. The summed E-state index contributed by atoms with van der Waals surface area (Å²) < 4.78 is 0. The van der Waals surface area contributed by atoms with Crippen LogP contribution in [0.1, 0.15) is 20.4 Å². The number of carbonyl (C=O) groups is 1. The van der Waals surface area contributed by atoms with Crippen LogP contribution < -0.4 is 5.73 Å². The molecule has 0 bridgehead atoms. The molecule has 1 aromatic heterocycles. The van der Waals surface area contributed by atoms with E-state index in [1.807, 2.05) is 13.8 Å². The molecule has 0 aliphatic carbocycles. The van der Waals surface area contributed by atoms with Crippen LogP contribution in [-0.4, -0.2) is 17.3 Å². The molecule has 0 saturated carbocycles. The van der Waals surface area contributed by atoms with Crippen molar-refractivity contribution in [3.8, 4) is 0 Å². The zero-order valence-electron chi connectivity index (χ0n) is 6.55. The van der Waals surface area contributed by atoms with E-state index in [4.69, 9.17) is 5.73 Å². The van der Waals surface area contributed by atoms with Crippen LogP contribution in [0.15, 0.2) is 0 Å². The highest BCUT2D eigenvalue weighted by molar-refractivity contribution is 7.13. The third-order valence-electron chi connectivity index (χ3n) is 1.34. The van der Waals surface area contributed by atoms with Crippen molar-refractivity contribution >= 4 is 17.1 Å². The summed E-state index contributed by atoms with van der Waals surface area (Å²) in [6, 6.07) is 0. The molecule has 1 aromatic rings. The van der Waals surface area contributed by atoms with E-state index >= 15 is 0 Å². The van der Waals surface area contributed by atoms with Gasteiger partial charge >= 0.3 is 0 Å². The molecule has 0 amide bonds. The van der Waals surface area contributed by atoms with Crippen molar-refractivity contribution in [2.45, 2.75) is 13.8 Å². The predicted octanol–water partition coefficient (Wildman–Crippen LogP) is 0.901. The van der Waals surface area contributed by atoms with Gasteiger partial charge in [0.25, 0.3) is 0 Å². The molecule has 11 heavy (non-hydrogen) atoms. The average Bonchev–Trinajstić information content (AvgIpc) is 2.28. The maximum absolute atomic E-state index is 11.1. The lowest BCUT2D eigenvalue weighted by Crippen LogP contribution is -2.13. The van der Waals surface area contributed by atoms with Crippen molar-refractivity contribution < 1.29 is 4.79 Å². The van der Waals surface area contributed by atoms with E-state index in [0.29, 0.717) is 4.88 Å². The zero-order valence-corrected chi connectivity index (χ0v) is 7.36. The minimum Gasteiger partial charge on any atom is -0.324 e. The first kappa shape index (κ1) is 8.36. The Morgan fingerprint density at radius 2 is 2.27 bits per heavy atom. The van der Waals surface area contributed by atoms with Gasteiger partial charge in [0.2, 0.25) is 0 Å². The fraction of sp³-hybridized carbons (Fsp3) is 0.429. The lowest BCUT2D eigenvalue weighted by atomic mass is 10.3. The number of carbonyl (C=O) groups excluding carboxylic acids is 1. The lowest BCUT2D eigenvalue weighted by Gasteiger charge is -1.90. The summed E-state index contributed by atoms with van der Waals surface area (Å²) >= 11 is 1.41. The molecule has 4 heteroatoms. The molecule has 0 aliphatic heterocycles. The quantitative estimate of drug-likeness (QED) is 0.671. The number of ketones is 1. The first-order chi connectivity index (χ1) is 5.15. The van der Waals surface area contributed by atoms with Gasteiger partial charge in [-0.05, 0) is 13.8 Å². The van der Waals surface area contributed by atoms with Gasteiger partial charge in [0, 0.05) is 0 Å². The molecule has 0 fully saturated rings. The summed E-state index contributed by atoms with van der Waals surface area (Å²) in [5.74, 6) is -0.0203. The van der Waals surface area contributed by atoms with E-state index in [0.717, 1.165) is 10.7 Å². The number of hydrogen-bond donors (Lipinski definition) is 1. The SMILES string of the molecule is Cc1nc(C)c(C(=O)CN)s1. The first-order valence-corrected chi connectivity index (χ1v) is 4.14. The first-order valence-electron chi connectivity index (χ1n) is 3.32. The Kier molecular flexibility index (Phi) is 2.36. The Morgan fingerprint density at radius 3 is 2.64 bits per heavy atom. The Hall–Kier alpha value is -0.740. The molecule has 1 rings (SSSR count). The van der Waals surface area contributed by atoms with Crippen molar-refractivity contribution in [3.63, 3.8) is 0 Å². The molecular weight excluding hydrogens is 160 g/mol. The minimum absolute atomic E-state index is 0.0203. The van der Waals surface area contributed by atoms with Gasteiger partial charge in [0.15, 0.2) is 5.78 Å². The summed E-state index contributed by atoms with van der Waals surface area (Å²) in [5, 5.41) is 0.916. The molecule has 0 saturated heterocycles. The molecule has 0 unspecified atom stereocenters. The zero-order chi connectivity index (χ0) is 8.43. The van der Waals surface area contributed by atoms with Crippen molar-refractivity contribution in [1.29, 1.82) is 0 Å². The molecule has 0 atom stereocenters. The number of rotatable bonds is 2. The fourth-order valence-electron chi connectivity index (χ4n) is 0.883. The van der Waals surface area contributed by atoms with E-state index < -0.39 is 0 Å². The van der Waals surface area contributed by atoms with Crippen LogP contribution in [0.3, 0.4) is 0 Å². The summed E-state index contributed by atoms with van der Waals surface area (Å²) in [7, 11) is 0. The van der Waals surface area contributed by atoms with Crippen LogP contribution in [0, 0.1) is 13.8 Å². The normalized spacial score (nSPS) is 10.1. The van der Waals surface area contributed by atoms with Crippen LogP contribution in [0.4, 0.5) is 0 Å². The minimum atomic E-state index is -0.0203. The van der Waals surface area contributed by atoms with Crippen LogP contribution in [0.25, 0.3) is 0 Å². The predicted molar refractivity (Wildman–Crippen MR) is 45.0 cm³/mol. The number of thiazole rings is 1. The molecular formula is C7H10N2OS. The van der Waals surface area contributed by atoms with E-state index in [2.05, 4.69) is 4.98 Å². The maximum atomic E-state index is 11.1. The number of aromatic nitrogens is 1. The molecule has 60 valence electrons. The van der Waals surface area contributed by atoms with E-state index in [1.165, 1.54) is 11.3 Å². The van der Waals surface area contributed by atoms with Crippen LogP contribution in [-0.2, 0) is 0 Å². The standard InChI is InChI=1S/C7H10N2OS/c1-4-7(6(10)3-8)11-5(2)9-4/h3,8H2,1-2H3. The molecule has 0 aliphatic rings. The lowest BCUT2D eigenvalue weighted by molar-refractivity contribution is 0.100. The highest BCUT2D eigenvalue weighted by Gasteiger charge is 2.10. The van der Waals surface area contributed by atoms with Crippen LogP contribution in [0.2, 0.25) is 0 Å². The topological polar surface area (TPSA) is 56.0 Å². The van der Waals surface area contributed by atoms with Crippen LogP contribution >= 0.6 is 11.3 Å². The van der Waals surface area contributed by atoms with Crippen molar-refractivity contribution in [1.82, 2.24) is 4.98 Å². The Labute approximate surface area is 69.3 Å². The largest absolute Gasteiger partial charge is 0.324 e. The van der Waals surface area contributed by atoms with Gasteiger partial charge in [-0.15, -0.1) is 11.3 Å². The third kappa shape index (κ3) is 1.64. The third-order valence-corrected chi connectivity index (χ3v) is 2.46. The monoisotopic (exact) mass is 170 g/mol. The summed E-state index contributed by atoms with van der Waals surface area (Å²) in [5.41, 5.74) is 6.01. The van der Waals surface area contributed by atoms with E-state index in [1.54, 1.807) is 0 Å². The van der Waals surface area contributed by atoms with E-state index in [-0.39, 0.29) is 12.3 Å². The fourth-order valence-corrected chi connectivity index (χ4v) is 1.75. The Morgan fingerprint density at radius 1 is 1.64 bits per heavy atom.